The number of anilines is 1. The minimum absolute atomic E-state index is 0.0465. The molecule has 1 fully saturated rings. The zero-order valence-corrected chi connectivity index (χ0v) is 15.4. The maximum atomic E-state index is 13.0. The van der Waals surface area contributed by atoms with Gasteiger partial charge >= 0.3 is 0 Å². The standard InChI is InChI=1S/C16H22N6O3S/c1-13-6-7-14(18-16(23)11-21-12-17-19-20-21)10-15(13)26(24,25)22-8-4-2-3-5-9-22/h6-7,10,12H,2-5,8-9,11H2,1H3,(H,18,23). The van der Waals surface area contributed by atoms with Crippen LogP contribution in [0.25, 0.3) is 0 Å². The Hall–Kier alpha value is -2.33. The normalized spacial score (nSPS) is 16.2. The van der Waals surface area contributed by atoms with Crippen LogP contribution in [0.1, 0.15) is 31.2 Å². The van der Waals surface area contributed by atoms with Crippen LogP contribution in [0.4, 0.5) is 5.69 Å². The van der Waals surface area contributed by atoms with E-state index >= 15 is 0 Å². The zero-order valence-electron chi connectivity index (χ0n) is 14.6. The predicted molar refractivity (Wildman–Crippen MR) is 94.9 cm³/mol. The first-order valence-corrected chi connectivity index (χ1v) is 10.0. The fourth-order valence-corrected chi connectivity index (χ4v) is 4.75. The van der Waals surface area contributed by atoms with Crippen LogP contribution >= 0.6 is 0 Å². The molecule has 0 saturated carbocycles. The summed E-state index contributed by atoms with van der Waals surface area (Å²) >= 11 is 0. The molecular formula is C16H22N6O3S. The van der Waals surface area contributed by atoms with Crippen LogP contribution in [0, 0.1) is 6.92 Å². The largest absolute Gasteiger partial charge is 0.324 e. The van der Waals surface area contributed by atoms with E-state index in [0.717, 1.165) is 25.7 Å². The van der Waals surface area contributed by atoms with Gasteiger partial charge < -0.3 is 5.32 Å². The van der Waals surface area contributed by atoms with Gasteiger partial charge in [0, 0.05) is 18.8 Å². The Kier molecular flexibility index (Phi) is 5.62. The topological polar surface area (TPSA) is 110 Å². The Morgan fingerprint density at radius 2 is 1.92 bits per heavy atom. The molecule has 2 heterocycles. The highest BCUT2D eigenvalue weighted by atomic mass is 32.2. The van der Waals surface area contributed by atoms with E-state index in [0.29, 0.717) is 24.3 Å². The number of carbonyl (C=O) groups excluding carboxylic acids is 1. The third kappa shape index (κ3) is 4.25. The molecule has 1 aliphatic rings. The average molecular weight is 378 g/mol. The molecule has 0 bridgehead atoms. The second kappa shape index (κ2) is 7.92. The Labute approximate surface area is 152 Å². The molecule has 1 saturated heterocycles. The van der Waals surface area contributed by atoms with E-state index in [1.54, 1.807) is 23.4 Å². The van der Waals surface area contributed by atoms with Gasteiger partial charge in [0.25, 0.3) is 0 Å². The number of nitrogens with zero attached hydrogens (tertiary/aromatic N) is 5. The molecule has 0 spiro atoms. The summed E-state index contributed by atoms with van der Waals surface area (Å²) in [5, 5.41) is 13.3. The number of hydrogen-bond acceptors (Lipinski definition) is 6. The van der Waals surface area contributed by atoms with Crippen molar-refractivity contribution in [2.45, 2.75) is 44.0 Å². The number of rotatable bonds is 5. The SMILES string of the molecule is Cc1ccc(NC(=O)Cn2cnnn2)cc1S(=O)(=O)N1CCCCCC1. The van der Waals surface area contributed by atoms with Crippen LogP contribution in [0.3, 0.4) is 0 Å². The van der Waals surface area contributed by atoms with E-state index in [2.05, 4.69) is 20.8 Å². The Morgan fingerprint density at radius 1 is 1.19 bits per heavy atom. The third-order valence-corrected chi connectivity index (χ3v) is 6.39. The van der Waals surface area contributed by atoms with Gasteiger partial charge in [-0.25, -0.2) is 13.1 Å². The highest BCUT2D eigenvalue weighted by Gasteiger charge is 2.27. The summed E-state index contributed by atoms with van der Waals surface area (Å²) in [7, 11) is -3.58. The van der Waals surface area contributed by atoms with E-state index in [4.69, 9.17) is 0 Å². The number of aryl methyl sites for hydroxylation is 1. The molecule has 0 aliphatic carbocycles. The minimum atomic E-state index is -3.58. The molecule has 0 unspecified atom stereocenters. The quantitative estimate of drug-likeness (QED) is 0.837. The lowest BCUT2D eigenvalue weighted by Crippen LogP contribution is -2.32. The number of amides is 1. The monoisotopic (exact) mass is 378 g/mol. The summed E-state index contributed by atoms with van der Waals surface area (Å²) in [5.74, 6) is -0.334. The van der Waals surface area contributed by atoms with Gasteiger partial charge in [-0.2, -0.15) is 4.31 Å². The lowest BCUT2D eigenvalue weighted by molar-refractivity contribution is -0.116. The van der Waals surface area contributed by atoms with E-state index in [1.807, 2.05) is 0 Å². The van der Waals surface area contributed by atoms with Crippen LogP contribution in [-0.2, 0) is 21.4 Å². The minimum Gasteiger partial charge on any atom is -0.324 e. The van der Waals surface area contributed by atoms with Crippen molar-refractivity contribution in [3.63, 3.8) is 0 Å². The van der Waals surface area contributed by atoms with Gasteiger partial charge in [-0.05, 0) is 47.9 Å². The van der Waals surface area contributed by atoms with Crippen molar-refractivity contribution in [1.29, 1.82) is 0 Å². The van der Waals surface area contributed by atoms with Gasteiger partial charge in [0.2, 0.25) is 15.9 Å². The average Bonchev–Trinajstić information content (AvgIpc) is 2.94. The first kappa shape index (κ1) is 18.5. The summed E-state index contributed by atoms with van der Waals surface area (Å²) in [6, 6.07) is 4.92. The third-order valence-electron chi connectivity index (χ3n) is 4.35. The summed E-state index contributed by atoms with van der Waals surface area (Å²) in [5.41, 5.74) is 1.09. The van der Waals surface area contributed by atoms with Crippen molar-refractivity contribution in [3.05, 3.63) is 30.1 Å². The molecule has 1 aliphatic heterocycles. The highest BCUT2D eigenvalue weighted by Crippen LogP contribution is 2.25. The molecule has 2 aromatic rings. The molecule has 1 aromatic carbocycles. The fourth-order valence-electron chi connectivity index (χ4n) is 2.98. The molecule has 3 rings (SSSR count). The molecule has 0 radical (unpaired) electrons. The number of tetrazole rings is 1. The van der Waals surface area contributed by atoms with E-state index in [-0.39, 0.29) is 17.3 Å². The maximum Gasteiger partial charge on any atom is 0.246 e. The van der Waals surface area contributed by atoms with Crippen molar-refractivity contribution < 1.29 is 13.2 Å². The number of carbonyl (C=O) groups is 1. The number of hydrogen-bond donors (Lipinski definition) is 1. The Bertz CT molecular complexity index is 858. The lowest BCUT2D eigenvalue weighted by atomic mass is 10.2. The van der Waals surface area contributed by atoms with Crippen LogP contribution in [-0.4, -0.2) is 51.9 Å². The summed E-state index contributed by atoms with van der Waals surface area (Å²) in [6.07, 6.45) is 5.20. The van der Waals surface area contributed by atoms with Crippen molar-refractivity contribution in [2.24, 2.45) is 0 Å². The molecule has 1 N–H and O–H groups in total. The van der Waals surface area contributed by atoms with Crippen LogP contribution in [0.5, 0.6) is 0 Å². The van der Waals surface area contributed by atoms with E-state index in [1.165, 1.54) is 17.1 Å². The van der Waals surface area contributed by atoms with Crippen molar-refractivity contribution >= 4 is 21.6 Å². The van der Waals surface area contributed by atoms with Crippen molar-refractivity contribution in [1.82, 2.24) is 24.5 Å². The number of nitrogens with one attached hydrogen (secondary N) is 1. The van der Waals surface area contributed by atoms with E-state index < -0.39 is 10.0 Å². The molecule has 1 amide bonds. The van der Waals surface area contributed by atoms with Gasteiger partial charge in [0.05, 0.1) is 4.90 Å². The smallest absolute Gasteiger partial charge is 0.246 e. The summed E-state index contributed by atoms with van der Waals surface area (Å²) in [4.78, 5) is 12.3. The van der Waals surface area contributed by atoms with Crippen molar-refractivity contribution in [3.8, 4) is 0 Å². The van der Waals surface area contributed by atoms with Gasteiger partial charge in [0.15, 0.2) is 0 Å². The maximum absolute atomic E-state index is 13.0. The van der Waals surface area contributed by atoms with Gasteiger partial charge in [0.1, 0.15) is 12.9 Å². The molecular weight excluding hydrogens is 356 g/mol. The number of sulfonamides is 1. The van der Waals surface area contributed by atoms with Crippen LogP contribution < -0.4 is 5.32 Å². The van der Waals surface area contributed by atoms with E-state index in [9.17, 15) is 13.2 Å². The molecule has 10 heteroatoms. The van der Waals surface area contributed by atoms with Gasteiger partial charge in [-0.1, -0.05) is 18.9 Å². The van der Waals surface area contributed by atoms with Gasteiger partial charge in [-0.3, -0.25) is 4.79 Å². The first-order chi connectivity index (χ1) is 12.5. The molecule has 0 atom stereocenters. The molecule has 26 heavy (non-hydrogen) atoms. The lowest BCUT2D eigenvalue weighted by Gasteiger charge is -2.21. The first-order valence-electron chi connectivity index (χ1n) is 8.58. The van der Waals surface area contributed by atoms with Gasteiger partial charge in [-0.15, -0.1) is 5.10 Å². The second-order valence-corrected chi connectivity index (χ2v) is 8.26. The van der Waals surface area contributed by atoms with Crippen LogP contribution in [0.15, 0.2) is 29.4 Å². The number of aromatic nitrogens is 4. The Balaban J connectivity index is 1.79. The predicted octanol–water partition coefficient (Wildman–Crippen LogP) is 1.18. The number of benzene rings is 1. The summed E-state index contributed by atoms with van der Waals surface area (Å²) in [6.45, 7) is 2.79. The molecule has 140 valence electrons. The molecule has 1 aromatic heterocycles. The highest BCUT2D eigenvalue weighted by molar-refractivity contribution is 7.89. The second-order valence-electron chi connectivity index (χ2n) is 6.35. The van der Waals surface area contributed by atoms with Crippen LogP contribution in [0.2, 0.25) is 0 Å². The van der Waals surface area contributed by atoms with Crippen molar-refractivity contribution in [2.75, 3.05) is 18.4 Å². The Morgan fingerprint density at radius 3 is 2.58 bits per heavy atom. The fraction of sp³-hybridized carbons (Fsp3) is 0.500. The zero-order chi connectivity index (χ0) is 18.6. The molecule has 9 nitrogen and oxygen atoms in total. The summed E-state index contributed by atoms with van der Waals surface area (Å²) < 4.78 is 28.9.